The first-order chi connectivity index (χ1) is 7.13. The van der Waals surface area contributed by atoms with Crippen LogP contribution in [0.1, 0.15) is 6.92 Å². The van der Waals surface area contributed by atoms with E-state index in [1.165, 1.54) is 5.75 Å². The molecule has 0 amide bonds. The summed E-state index contributed by atoms with van der Waals surface area (Å²) in [6, 6.07) is 5.83. The topological polar surface area (TPSA) is 38.0 Å². The van der Waals surface area contributed by atoms with Gasteiger partial charge in [0.1, 0.15) is 0 Å². The van der Waals surface area contributed by atoms with Gasteiger partial charge < -0.3 is 11.1 Å². The number of nitrogens with two attached hydrogens (primary N) is 1. The lowest BCUT2D eigenvalue weighted by atomic mass is 10.2. The number of benzene rings is 1. The molecule has 0 saturated carbocycles. The Balaban J connectivity index is 2.50. The number of rotatable bonds is 5. The largest absolute Gasteiger partial charge is 0.399 e. The van der Waals surface area contributed by atoms with E-state index in [4.69, 9.17) is 5.73 Å². The smallest absolute Gasteiger partial charge is 0.0486 e. The van der Waals surface area contributed by atoms with Crippen LogP contribution in [0.15, 0.2) is 22.7 Å². The Morgan fingerprint density at radius 1 is 1.53 bits per heavy atom. The van der Waals surface area contributed by atoms with E-state index in [0.29, 0.717) is 5.92 Å². The first kappa shape index (κ1) is 12.7. The van der Waals surface area contributed by atoms with E-state index in [1.54, 1.807) is 0 Å². The lowest BCUT2D eigenvalue weighted by Crippen LogP contribution is -2.13. The highest BCUT2D eigenvalue weighted by Gasteiger charge is 2.03. The summed E-state index contributed by atoms with van der Waals surface area (Å²) in [7, 11) is 0. The Bertz CT molecular complexity index is 317. The van der Waals surface area contributed by atoms with Crippen LogP contribution in [0.25, 0.3) is 0 Å². The van der Waals surface area contributed by atoms with Crippen molar-refractivity contribution < 1.29 is 0 Å². The summed E-state index contributed by atoms with van der Waals surface area (Å²) >= 11 is 5.37. The number of halogens is 1. The summed E-state index contributed by atoms with van der Waals surface area (Å²) in [5, 5.41) is 3.41. The molecule has 0 aliphatic heterocycles. The number of hydrogen-bond donors (Lipinski definition) is 2. The van der Waals surface area contributed by atoms with Crippen LogP contribution in [0.2, 0.25) is 0 Å². The highest BCUT2D eigenvalue weighted by Crippen LogP contribution is 2.24. The number of thioether (sulfide) groups is 1. The van der Waals surface area contributed by atoms with Gasteiger partial charge in [-0.3, -0.25) is 0 Å². The van der Waals surface area contributed by atoms with E-state index in [9.17, 15) is 0 Å². The van der Waals surface area contributed by atoms with Crippen LogP contribution >= 0.6 is 27.7 Å². The monoisotopic (exact) mass is 288 g/mol. The normalized spacial score (nSPS) is 12.5. The first-order valence-electron chi connectivity index (χ1n) is 4.91. The fourth-order valence-corrected chi connectivity index (χ4v) is 2.53. The molecule has 1 aromatic rings. The zero-order valence-corrected chi connectivity index (χ0v) is 11.5. The quantitative estimate of drug-likeness (QED) is 0.815. The number of nitrogens with one attached hydrogen (secondary N) is 1. The van der Waals surface area contributed by atoms with Crippen LogP contribution in [0.5, 0.6) is 0 Å². The predicted octanol–water partition coefficient (Wildman–Crippen LogP) is 3.44. The zero-order valence-electron chi connectivity index (χ0n) is 9.09. The van der Waals surface area contributed by atoms with Crippen molar-refractivity contribution >= 4 is 39.1 Å². The molecule has 15 heavy (non-hydrogen) atoms. The van der Waals surface area contributed by atoms with Crippen molar-refractivity contribution in [3.05, 3.63) is 22.7 Å². The van der Waals surface area contributed by atoms with Gasteiger partial charge in [0.05, 0.1) is 0 Å². The maximum atomic E-state index is 5.67. The van der Waals surface area contributed by atoms with Crippen molar-refractivity contribution in [2.75, 3.05) is 29.6 Å². The molecule has 0 aliphatic carbocycles. The second-order valence-electron chi connectivity index (χ2n) is 3.68. The highest BCUT2D eigenvalue weighted by molar-refractivity contribution is 9.10. The van der Waals surface area contributed by atoms with E-state index in [-0.39, 0.29) is 0 Å². The van der Waals surface area contributed by atoms with Gasteiger partial charge in [0, 0.05) is 22.4 Å². The summed E-state index contributed by atoms with van der Waals surface area (Å²) in [5.41, 5.74) is 7.56. The predicted molar refractivity (Wildman–Crippen MR) is 74.6 cm³/mol. The van der Waals surface area contributed by atoms with Gasteiger partial charge in [-0.05, 0) is 52.1 Å². The SMILES string of the molecule is CSCC(C)CNc1ccc(N)cc1Br. The summed E-state index contributed by atoms with van der Waals surface area (Å²) in [6.45, 7) is 3.23. The van der Waals surface area contributed by atoms with Gasteiger partial charge in [-0.2, -0.15) is 11.8 Å². The fourth-order valence-electron chi connectivity index (χ4n) is 1.30. The minimum Gasteiger partial charge on any atom is -0.399 e. The van der Waals surface area contributed by atoms with Gasteiger partial charge in [0.15, 0.2) is 0 Å². The van der Waals surface area contributed by atoms with Crippen molar-refractivity contribution in [3.8, 4) is 0 Å². The summed E-state index contributed by atoms with van der Waals surface area (Å²) < 4.78 is 1.03. The van der Waals surface area contributed by atoms with E-state index in [2.05, 4.69) is 34.4 Å². The minimum absolute atomic E-state index is 0.671. The van der Waals surface area contributed by atoms with Crippen molar-refractivity contribution in [3.63, 3.8) is 0 Å². The van der Waals surface area contributed by atoms with Crippen LogP contribution in [-0.4, -0.2) is 18.6 Å². The second kappa shape index (κ2) is 6.28. The second-order valence-corrected chi connectivity index (χ2v) is 5.45. The van der Waals surface area contributed by atoms with E-state index >= 15 is 0 Å². The van der Waals surface area contributed by atoms with Crippen molar-refractivity contribution in [1.29, 1.82) is 0 Å². The number of anilines is 2. The maximum absolute atomic E-state index is 5.67. The molecule has 1 aromatic carbocycles. The molecule has 84 valence electrons. The van der Waals surface area contributed by atoms with Crippen LogP contribution in [0.3, 0.4) is 0 Å². The van der Waals surface area contributed by atoms with Crippen LogP contribution in [0, 0.1) is 5.92 Å². The van der Waals surface area contributed by atoms with Crippen LogP contribution < -0.4 is 11.1 Å². The van der Waals surface area contributed by atoms with Crippen LogP contribution in [0.4, 0.5) is 11.4 Å². The standard InChI is InChI=1S/C11H17BrN2S/c1-8(7-15-2)6-14-11-4-3-9(13)5-10(11)12/h3-5,8,14H,6-7,13H2,1-2H3. The fraction of sp³-hybridized carbons (Fsp3) is 0.455. The Hall–Kier alpha value is -0.350. The lowest BCUT2D eigenvalue weighted by molar-refractivity contribution is 0.701. The summed E-state index contributed by atoms with van der Waals surface area (Å²) in [5.74, 6) is 1.85. The third kappa shape index (κ3) is 4.34. The molecule has 0 aliphatic rings. The maximum Gasteiger partial charge on any atom is 0.0486 e. The van der Waals surface area contributed by atoms with Crippen molar-refractivity contribution in [2.45, 2.75) is 6.92 Å². The molecule has 0 radical (unpaired) electrons. The first-order valence-corrected chi connectivity index (χ1v) is 7.10. The van der Waals surface area contributed by atoms with Gasteiger partial charge in [-0.15, -0.1) is 0 Å². The van der Waals surface area contributed by atoms with Crippen molar-refractivity contribution in [1.82, 2.24) is 0 Å². The molecule has 4 heteroatoms. The molecule has 2 nitrogen and oxygen atoms in total. The van der Waals surface area contributed by atoms with E-state index in [1.807, 2.05) is 30.0 Å². The number of nitrogen functional groups attached to an aromatic ring is 1. The molecule has 1 rings (SSSR count). The molecular weight excluding hydrogens is 272 g/mol. The number of hydrogen-bond acceptors (Lipinski definition) is 3. The average Bonchev–Trinajstić information content (AvgIpc) is 2.17. The van der Waals surface area contributed by atoms with Gasteiger partial charge in [-0.25, -0.2) is 0 Å². The molecular formula is C11H17BrN2S. The third-order valence-electron chi connectivity index (χ3n) is 2.09. The Kier molecular flexibility index (Phi) is 5.32. The average molecular weight is 289 g/mol. The highest BCUT2D eigenvalue weighted by atomic mass is 79.9. The minimum atomic E-state index is 0.671. The summed E-state index contributed by atoms with van der Waals surface area (Å²) in [4.78, 5) is 0. The zero-order chi connectivity index (χ0) is 11.3. The van der Waals surface area contributed by atoms with Gasteiger partial charge >= 0.3 is 0 Å². The van der Waals surface area contributed by atoms with Gasteiger partial charge in [0.2, 0.25) is 0 Å². The molecule has 1 unspecified atom stereocenters. The molecule has 0 saturated heterocycles. The molecule has 0 aromatic heterocycles. The molecule has 0 fully saturated rings. The molecule has 1 atom stereocenters. The molecule has 3 N–H and O–H groups in total. The Morgan fingerprint density at radius 2 is 2.27 bits per heavy atom. The van der Waals surface area contributed by atoms with Crippen molar-refractivity contribution in [2.24, 2.45) is 5.92 Å². The van der Waals surface area contributed by atoms with Crippen LogP contribution in [-0.2, 0) is 0 Å². The summed E-state index contributed by atoms with van der Waals surface area (Å²) in [6.07, 6.45) is 2.13. The lowest BCUT2D eigenvalue weighted by Gasteiger charge is -2.13. The van der Waals surface area contributed by atoms with E-state index in [0.717, 1.165) is 22.4 Å². The molecule has 0 spiro atoms. The van der Waals surface area contributed by atoms with E-state index < -0.39 is 0 Å². The third-order valence-corrected chi connectivity index (χ3v) is 3.64. The molecule has 0 bridgehead atoms. The molecule has 0 heterocycles. The Morgan fingerprint density at radius 3 is 2.87 bits per heavy atom. The van der Waals surface area contributed by atoms with Gasteiger partial charge in [0.25, 0.3) is 0 Å². The van der Waals surface area contributed by atoms with Gasteiger partial charge in [-0.1, -0.05) is 6.92 Å². The Labute approximate surface area is 104 Å².